The summed E-state index contributed by atoms with van der Waals surface area (Å²) in [5.41, 5.74) is 3.10. The van der Waals surface area contributed by atoms with Crippen LogP contribution in [0, 0.1) is 12.9 Å². The Kier molecular flexibility index (Phi) is 4.58. The highest BCUT2D eigenvalue weighted by molar-refractivity contribution is 5.93. The van der Waals surface area contributed by atoms with E-state index in [0.717, 1.165) is 17.1 Å². The molecule has 0 saturated carbocycles. The minimum absolute atomic E-state index is 0.0312. The molecule has 3 heterocycles. The summed E-state index contributed by atoms with van der Waals surface area (Å²) in [5.74, 6) is -0.520. The molecule has 27 heavy (non-hydrogen) atoms. The van der Waals surface area contributed by atoms with E-state index >= 15 is 0 Å². The van der Waals surface area contributed by atoms with Crippen molar-refractivity contribution in [2.45, 2.75) is 6.92 Å². The number of carbonyl (C=O) groups is 1. The van der Waals surface area contributed by atoms with Gasteiger partial charge in [0.15, 0.2) is 0 Å². The molecule has 0 radical (unpaired) electrons. The number of para-hydroxylation sites is 1. The first-order chi connectivity index (χ1) is 13.1. The summed E-state index contributed by atoms with van der Waals surface area (Å²) in [6.45, 7) is 4.43. The highest BCUT2D eigenvalue weighted by Crippen LogP contribution is 2.18. The monoisotopic (exact) mass is 365 g/mol. The number of aryl methyl sites for hydroxylation is 1. The molecule has 1 saturated heterocycles. The van der Waals surface area contributed by atoms with Gasteiger partial charge in [-0.2, -0.15) is 9.49 Å². The third-order valence-electron chi connectivity index (χ3n) is 4.70. The minimum atomic E-state index is -0.489. The Morgan fingerprint density at radius 2 is 1.74 bits per heavy atom. The van der Waals surface area contributed by atoms with Crippen molar-refractivity contribution < 1.29 is 9.18 Å². The lowest BCUT2D eigenvalue weighted by Gasteiger charge is -2.35. The standard InChI is InChI=1S/C20H20FN5O/c1-15-13-18(26(23-15)16-5-3-2-4-6-16)20(27)25-11-9-24(10-12-25)17-7-8-19(21)22-14-17/h2-8,13-14H,9-12H2,1H3. The number of hydrogen-bond acceptors (Lipinski definition) is 4. The van der Waals surface area contributed by atoms with E-state index < -0.39 is 5.95 Å². The van der Waals surface area contributed by atoms with Crippen LogP contribution < -0.4 is 4.90 Å². The van der Waals surface area contributed by atoms with Crippen molar-refractivity contribution in [1.82, 2.24) is 19.7 Å². The molecule has 1 amide bonds. The number of benzene rings is 1. The number of anilines is 1. The number of hydrogen-bond donors (Lipinski definition) is 0. The molecule has 4 rings (SSSR count). The zero-order chi connectivity index (χ0) is 18.8. The van der Waals surface area contributed by atoms with Crippen LogP contribution in [0.3, 0.4) is 0 Å². The van der Waals surface area contributed by atoms with Gasteiger partial charge in [0.2, 0.25) is 5.95 Å². The van der Waals surface area contributed by atoms with Crippen LogP contribution in [-0.2, 0) is 0 Å². The maximum atomic E-state index is 13.1. The van der Waals surface area contributed by atoms with Crippen LogP contribution >= 0.6 is 0 Å². The number of rotatable bonds is 3. The maximum Gasteiger partial charge on any atom is 0.272 e. The van der Waals surface area contributed by atoms with Crippen molar-refractivity contribution in [2.24, 2.45) is 0 Å². The summed E-state index contributed by atoms with van der Waals surface area (Å²) in [5, 5.41) is 4.48. The van der Waals surface area contributed by atoms with E-state index in [4.69, 9.17) is 0 Å². The lowest BCUT2D eigenvalue weighted by atomic mass is 10.2. The Labute approximate surface area is 156 Å². The zero-order valence-electron chi connectivity index (χ0n) is 15.0. The fraction of sp³-hybridized carbons (Fsp3) is 0.250. The first-order valence-corrected chi connectivity index (χ1v) is 8.90. The lowest BCUT2D eigenvalue weighted by Crippen LogP contribution is -2.49. The number of pyridine rings is 1. The normalized spacial score (nSPS) is 14.4. The zero-order valence-corrected chi connectivity index (χ0v) is 15.0. The molecular formula is C20H20FN5O. The number of halogens is 1. The Balaban J connectivity index is 1.50. The third kappa shape index (κ3) is 3.53. The van der Waals surface area contributed by atoms with Crippen LogP contribution in [-0.4, -0.2) is 51.8 Å². The summed E-state index contributed by atoms with van der Waals surface area (Å²) in [7, 11) is 0. The van der Waals surface area contributed by atoms with Crippen LogP contribution in [0.25, 0.3) is 5.69 Å². The molecule has 6 nitrogen and oxygen atoms in total. The smallest absolute Gasteiger partial charge is 0.272 e. The molecule has 1 aromatic carbocycles. The van der Waals surface area contributed by atoms with Crippen molar-refractivity contribution in [3.63, 3.8) is 0 Å². The molecule has 0 aliphatic carbocycles. The van der Waals surface area contributed by atoms with E-state index in [-0.39, 0.29) is 5.91 Å². The van der Waals surface area contributed by atoms with Crippen molar-refractivity contribution in [2.75, 3.05) is 31.1 Å². The number of carbonyl (C=O) groups excluding carboxylic acids is 1. The molecule has 7 heteroatoms. The van der Waals surface area contributed by atoms with Crippen molar-refractivity contribution >= 4 is 11.6 Å². The first-order valence-electron chi connectivity index (χ1n) is 8.90. The number of aromatic nitrogens is 3. The van der Waals surface area contributed by atoms with Crippen molar-refractivity contribution in [3.8, 4) is 5.69 Å². The quantitative estimate of drug-likeness (QED) is 0.670. The Morgan fingerprint density at radius 1 is 1.00 bits per heavy atom. The predicted molar refractivity (Wildman–Crippen MR) is 101 cm³/mol. The molecule has 138 valence electrons. The highest BCUT2D eigenvalue weighted by Gasteiger charge is 2.25. The van der Waals surface area contributed by atoms with Gasteiger partial charge in [-0.3, -0.25) is 4.79 Å². The Hall–Kier alpha value is -3.22. The molecule has 0 N–H and O–H groups in total. The molecule has 3 aromatic rings. The molecule has 1 aliphatic rings. The van der Waals surface area contributed by atoms with Crippen LogP contribution in [0.15, 0.2) is 54.7 Å². The van der Waals surface area contributed by atoms with Gasteiger partial charge in [0, 0.05) is 26.2 Å². The first kappa shape index (κ1) is 17.2. The van der Waals surface area contributed by atoms with Gasteiger partial charge in [-0.15, -0.1) is 0 Å². The van der Waals surface area contributed by atoms with Gasteiger partial charge < -0.3 is 9.80 Å². The molecule has 1 fully saturated rings. The van der Waals surface area contributed by atoms with Gasteiger partial charge in [0.1, 0.15) is 5.69 Å². The van der Waals surface area contributed by atoms with E-state index in [9.17, 15) is 9.18 Å². The largest absolute Gasteiger partial charge is 0.367 e. The molecule has 0 unspecified atom stereocenters. The number of amides is 1. The molecular weight excluding hydrogens is 345 g/mol. The average molecular weight is 365 g/mol. The van der Waals surface area contributed by atoms with Crippen molar-refractivity contribution in [1.29, 1.82) is 0 Å². The lowest BCUT2D eigenvalue weighted by molar-refractivity contribution is 0.0737. The van der Waals surface area contributed by atoms with E-state index in [1.807, 2.05) is 48.2 Å². The summed E-state index contributed by atoms with van der Waals surface area (Å²) < 4.78 is 14.7. The van der Waals surface area contributed by atoms with E-state index in [1.165, 1.54) is 12.3 Å². The minimum Gasteiger partial charge on any atom is -0.367 e. The SMILES string of the molecule is Cc1cc(C(=O)N2CCN(c3ccc(F)nc3)CC2)n(-c2ccccc2)n1. The van der Waals surface area contributed by atoms with Crippen LogP contribution in [0.2, 0.25) is 0 Å². The number of piperazine rings is 1. The van der Waals surface area contributed by atoms with Gasteiger partial charge >= 0.3 is 0 Å². The molecule has 0 atom stereocenters. The fourth-order valence-corrected chi connectivity index (χ4v) is 3.30. The van der Waals surface area contributed by atoms with Gasteiger partial charge in [-0.1, -0.05) is 18.2 Å². The predicted octanol–water partition coefficient (Wildman–Crippen LogP) is 2.68. The molecule has 0 spiro atoms. The van der Waals surface area contributed by atoms with E-state index in [1.54, 1.807) is 10.7 Å². The van der Waals surface area contributed by atoms with E-state index in [2.05, 4.69) is 15.0 Å². The van der Waals surface area contributed by atoms with E-state index in [0.29, 0.717) is 31.9 Å². The summed E-state index contributed by atoms with van der Waals surface area (Å²) in [6, 6.07) is 14.6. The second kappa shape index (κ2) is 7.19. The second-order valence-electron chi connectivity index (χ2n) is 6.54. The van der Waals surface area contributed by atoms with Crippen LogP contribution in [0.4, 0.5) is 10.1 Å². The third-order valence-corrected chi connectivity index (χ3v) is 4.70. The van der Waals surface area contributed by atoms with Crippen LogP contribution in [0.1, 0.15) is 16.2 Å². The highest BCUT2D eigenvalue weighted by atomic mass is 19.1. The Morgan fingerprint density at radius 3 is 2.41 bits per heavy atom. The molecule has 2 aromatic heterocycles. The van der Waals surface area contributed by atoms with Gasteiger partial charge in [0.05, 0.1) is 23.3 Å². The second-order valence-corrected chi connectivity index (χ2v) is 6.54. The van der Waals surface area contributed by atoms with Crippen molar-refractivity contribution in [3.05, 3.63) is 72.1 Å². The molecule has 0 bridgehead atoms. The van der Waals surface area contributed by atoms with Crippen LogP contribution in [0.5, 0.6) is 0 Å². The average Bonchev–Trinajstić information content (AvgIpc) is 3.10. The topological polar surface area (TPSA) is 54.3 Å². The Bertz CT molecular complexity index is 931. The summed E-state index contributed by atoms with van der Waals surface area (Å²) in [6.07, 6.45) is 1.53. The molecule has 1 aliphatic heterocycles. The summed E-state index contributed by atoms with van der Waals surface area (Å²) >= 11 is 0. The summed E-state index contributed by atoms with van der Waals surface area (Å²) in [4.78, 5) is 20.7. The van der Waals surface area contributed by atoms with Gasteiger partial charge in [0.25, 0.3) is 5.91 Å². The van der Waals surface area contributed by atoms with Gasteiger partial charge in [-0.05, 0) is 37.3 Å². The van der Waals surface area contributed by atoms with Gasteiger partial charge in [-0.25, -0.2) is 9.67 Å². The fourth-order valence-electron chi connectivity index (χ4n) is 3.30. The maximum absolute atomic E-state index is 13.1. The number of nitrogens with zero attached hydrogens (tertiary/aromatic N) is 5.